The van der Waals surface area contributed by atoms with E-state index in [1.807, 2.05) is 26.1 Å². The van der Waals surface area contributed by atoms with Crippen molar-refractivity contribution in [1.29, 1.82) is 5.26 Å². The van der Waals surface area contributed by atoms with Gasteiger partial charge in [-0.2, -0.15) is 5.26 Å². The van der Waals surface area contributed by atoms with Crippen molar-refractivity contribution in [2.24, 2.45) is 10.7 Å². The first-order valence-corrected chi connectivity index (χ1v) is 9.52. The normalized spacial score (nSPS) is 13.4. The number of hydrogen-bond donors (Lipinski definition) is 4. The number of aromatic nitrogens is 3. The summed E-state index contributed by atoms with van der Waals surface area (Å²) in [4.78, 5) is 15.1. The van der Waals surface area contributed by atoms with Crippen molar-refractivity contribution < 1.29 is 5.11 Å². The van der Waals surface area contributed by atoms with Crippen LogP contribution < -0.4 is 5.73 Å². The first kappa shape index (κ1) is 19.4. The zero-order valence-electron chi connectivity index (χ0n) is 17.0. The lowest BCUT2D eigenvalue weighted by atomic mass is 9.92. The number of hydrogen-bond acceptors (Lipinski definition) is 5. The molecule has 0 saturated carbocycles. The van der Waals surface area contributed by atoms with E-state index in [0.717, 1.165) is 38.7 Å². The molecule has 4 aromatic rings. The standard InChI is InChI=1S/C23H22N6O/c1-12-6-13(2)21-20(16(11-27-21)15(9-25)10-26-3)19(12)22(30)23-28-17-5-4-14(8-24)7-18(17)29-23/h4-7,9-11,22,27,30H,25H2,1-3H3,(H,28,29)/b15-9+,26-10?. The van der Waals surface area contributed by atoms with Crippen LogP contribution in [-0.4, -0.2) is 33.3 Å². The van der Waals surface area contributed by atoms with Crippen LogP contribution in [0, 0.1) is 25.2 Å². The number of aliphatic hydroxyl groups excluding tert-OH is 1. The Hall–Kier alpha value is -3.89. The number of nitriles is 1. The number of imidazole rings is 1. The second kappa shape index (κ2) is 7.50. The molecule has 7 heteroatoms. The third-order valence-electron chi connectivity index (χ3n) is 5.32. The summed E-state index contributed by atoms with van der Waals surface area (Å²) in [5.41, 5.74) is 13.1. The predicted molar refractivity (Wildman–Crippen MR) is 119 cm³/mol. The topological polar surface area (TPSA) is 127 Å². The van der Waals surface area contributed by atoms with Gasteiger partial charge in [0.25, 0.3) is 0 Å². The minimum absolute atomic E-state index is 0.419. The second-order valence-electron chi connectivity index (χ2n) is 7.25. The number of nitrogens with zero attached hydrogens (tertiary/aromatic N) is 3. The molecule has 0 aliphatic heterocycles. The SMILES string of the molecule is CN=C/C(=C\N)c1c[nH]c2c(C)cc(C)c(C(O)c3nc4ccc(C#N)cc4[nH]3)c12. The summed E-state index contributed by atoms with van der Waals surface area (Å²) in [5, 5.41) is 21.4. The van der Waals surface area contributed by atoms with Gasteiger partial charge in [0.2, 0.25) is 0 Å². The van der Waals surface area contributed by atoms with Crippen LogP contribution in [0.5, 0.6) is 0 Å². The van der Waals surface area contributed by atoms with Crippen molar-refractivity contribution in [3.05, 3.63) is 70.3 Å². The molecule has 5 N–H and O–H groups in total. The van der Waals surface area contributed by atoms with Crippen molar-refractivity contribution in [3.8, 4) is 6.07 Å². The number of nitrogens with two attached hydrogens (primary N) is 1. The first-order chi connectivity index (χ1) is 14.5. The Morgan fingerprint density at radius 3 is 2.80 bits per heavy atom. The van der Waals surface area contributed by atoms with Crippen molar-refractivity contribution in [3.63, 3.8) is 0 Å². The molecule has 2 aromatic heterocycles. The monoisotopic (exact) mass is 398 g/mol. The van der Waals surface area contributed by atoms with Crippen molar-refractivity contribution in [1.82, 2.24) is 15.0 Å². The molecule has 0 aliphatic carbocycles. The molecule has 7 nitrogen and oxygen atoms in total. The first-order valence-electron chi connectivity index (χ1n) is 9.52. The van der Waals surface area contributed by atoms with Gasteiger partial charge in [0.05, 0.1) is 22.7 Å². The van der Waals surface area contributed by atoms with E-state index in [0.29, 0.717) is 22.4 Å². The highest BCUT2D eigenvalue weighted by Crippen LogP contribution is 2.37. The predicted octanol–water partition coefficient (Wildman–Crippen LogP) is 3.61. The number of aliphatic imine (C=N–C) groups is 1. The minimum atomic E-state index is -0.988. The van der Waals surface area contributed by atoms with Crippen molar-refractivity contribution in [2.45, 2.75) is 20.0 Å². The van der Waals surface area contributed by atoms with E-state index < -0.39 is 6.10 Å². The van der Waals surface area contributed by atoms with Gasteiger partial charge in [-0.05, 0) is 43.2 Å². The van der Waals surface area contributed by atoms with Gasteiger partial charge in [-0.25, -0.2) is 4.98 Å². The second-order valence-corrected chi connectivity index (χ2v) is 7.25. The van der Waals surface area contributed by atoms with Crippen LogP contribution in [0.15, 0.2) is 41.7 Å². The average Bonchev–Trinajstić information content (AvgIpc) is 3.36. The van der Waals surface area contributed by atoms with Crippen LogP contribution in [0.4, 0.5) is 0 Å². The summed E-state index contributed by atoms with van der Waals surface area (Å²) in [7, 11) is 1.69. The lowest BCUT2D eigenvalue weighted by Crippen LogP contribution is -2.06. The lowest BCUT2D eigenvalue weighted by molar-refractivity contribution is 0.212. The van der Waals surface area contributed by atoms with E-state index in [1.54, 1.807) is 31.5 Å². The zero-order valence-corrected chi connectivity index (χ0v) is 17.0. The molecule has 2 aromatic carbocycles. The van der Waals surface area contributed by atoms with Crippen LogP contribution >= 0.6 is 0 Å². The quantitative estimate of drug-likeness (QED) is 0.392. The lowest BCUT2D eigenvalue weighted by Gasteiger charge is -2.16. The average molecular weight is 398 g/mol. The molecular weight excluding hydrogens is 376 g/mol. The molecule has 1 unspecified atom stereocenters. The van der Waals surface area contributed by atoms with Gasteiger partial charge in [0, 0.05) is 53.3 Å². The molecule has 2 heterocycles. The van der Waals surface area contributed by atoms with Crippen LogP contribution in [-0.2, 0) is 0 Å². The number of rotatable bonds is 4. The van der Waals surface area contributed by atoms with E-state index in [2.05, 4.69) is 26.0 Å². The van der Waals surface area contributed by atoms with Gasteiger partial charge in [-0.1, -0.05) is 6.07 Å². The molecule has 150 valence electrons. The number of allylic oxidation sites excluding steroid dienone is 1. The summed E-state index contributed by atoms with van der Waals surface area (Å²) < 4.78 is 0. The van der Waals surface area contributed by atoms with Crippen LogP contribution in [0.1, 0.15) is 39.7 Å². The molecule has 0 spiro atoms. The Morgan fingerprint density at radius 1 is 1.30 bits per heavy atom. The molecular formula is C23H22N6O. The smallest absolute Gasteiger partial charge is 0.140 e. The van der Waals surface area contributed by atoms with E-state index in [-0.39, 0.29) is 0 Å². The zero-order chi connectivity index (χ0) is 21.4. The summed E-state index contributed by atoms with van der Waals surface area (Å²) >= 11 is 0. The Bertz CT molecular complexity index is 1370. The van der Waals surface area contributed by atoms with Crippen LogP contribution in [0.3, 0.4) is 0 Å². The third-order valence-corrected chi connectivity index (χ3v) is 5.32. The van der Waals surface area contributed by atoms with Gasteiger partial charge in [-0.3, -0.25) is 4.99 Å². The Labute approximate surface area is 173 Å². The highest BCUT2D eigenvalue weighted by atomic mass is 16.3. The molecule has 0 bridgehead atoms. The van der Waals surface area contributed by atoms with Crippen LogP contribution in [0.2, 0.25) is 0 Å². The largest absolute Gasteiger partial charge is 0.404 e. The number of H-pyrrole nitrogens is 2. The van der Waals surface area contributed by atoms with Gasteiger partial charge >= 0.3 is 0 Å². The maximum absolute atomic E-state index is 11.4. The van der Waals surface area contributed by atoms with Gasteiger partial charge in [0.1, 0.15) is 11.9 Å². The number of benzene rings is 2. The summed E-state index contributed by atoms with van der Waals surface area (Å²) in [5.74, 6) is 0.419. The molecule has 0 aliphatic rings. The van der Waals surface area contributed by atoms with E-state index in [4.69, 9.17) is 11.0 Å². The molecule has 0 saturated heterocycles. The Balaban J connectivity index is 1.96. The number of nitrogens with one attached hydrogen (secondary N) is 2. The fourth-order valence-electron chi connectivity index (χ4n) is 3.97. The molecule has 4 rings (SSSR count). The van der Waals surface area contributed by atoms with Gasteiger partial charge in [-0.15, -0.1) is 0 Å². The van der Waals surface area contributed by atoms with E-state index in [9.17, 15) is 5.11 Å². The molecule has 30 heavy (non-hydrogen) atoms. The number of aromatic amines is 2. The number of fused-ring (bicyclic) bond motifs is 2. The number of aryl methyl sites for hydroxylation is 2. The Kier molecular flexibility index (Phi) is 4.86. The summed E-state index contributed by atoms with van der Waals surface area (Å²) in [6, 6.07) is 9.37. The van der Waals surface area contributed by atoms with Crippen LogP contribution in [0.25, 0.3) is 27.5 Å². The fourth-order valence-corrected chi connectivity index (χ4v) is 3.97. The Morgan fingerprint density at radius 2 is 2.10 bits per heavy atom. The van der Waals surface area contributed by atoms with Gasteiger partial charge in [0.15, 0.2) is 0 Å². The third kappa shape index (κ3) is 3.04. The fraction of sp³-hybridized carbons (Fsp3) is 0.174. The van der Waals surface area contributed by atoms with Gasteiger partial charge < -0.3 is 20.8 Å². The maximum Gasteiger partial charge on any atom is 0.140 e. The van der Waals surface area contributed by atoms with Crippen molar-refractivity contribution >= 4 is 33.7 Å². The molecule has 0 fully saturated rings. The number of aliphatic hydroxyl groups is 1. The van der Waals surface area contributed by atoms with Crippen molar-refractivity contribution in [2.75, 3.05) is 7.05 Å². The highest BCUT2D eigenvalue weighted by molar-refractivity contribution is 6.15. The molecule has 0 radical (unpaired) electrons. The highest BCUT2D eigenvalue weighted by Gasteiger charge is 2.24. The minimum Gasteiger partial charge on any atom is -0.404 e. The molecule has 1 atom stereocenters. The van der Waals surface area contributed by atoms with E-state index >= 15 is 0 Å². The summed E-state index contributed by atoms with van der Waals surface area (Å²) in [6.07, 6.45) is 4.10. The maximum atomic E-state index is 11.4. The summed E-state index contributed by atoms with van der Waals surface area (Å²) in [6.45, 7) is 3.99. The molecule has 0 amide bonds. The van der Waals surface area contributed by atoms with E-state index in [1.165, 1.54) is 6.20 Å².